The lowest BCUT2D eigenvalue weighted by Gasteiger charge is -2.19. The highest BCUT2D eigenvalue weighted by molar-refractivity contribution is 7.09. The van der Waals surface area contributed by atoms with E-state index >= 15 is 0 Å². The Morgan fingerprint density at radius 3 is 2.47 bits per heavy atom. The Morgan fingerprint density at radius 2 is 1.95 bits per heavy atom. The van der Waals surface area contributed by atoms with Crippen LogP contribution in [0.15, 0.2) is 11.4 Å². The molecule has 2 rings (SSSR count). The Bertz CT molecular complexity index is 569. The van der Waals surface area contributed by atoms with Crippen molar-refractivity contribution in [2.45, 2.75) is 39.5 Å². The van der Waals surface area contributed by atoms with Crippen LogP contribution in [0, 0.1) is 6.92 Å². The summed E-state index contributed by atoms with van der Waals surface area (Å²) in [6.45, 7) is 8.48. The topological polar surface area (TPSA) is 50.7 Å². The monoisotopic (exact) mass is 276 g/mol. The van der Waals surface area contributed by atoms with Crippen LogP contribution in [0.2, 0.25) is 0 Å². The van der Waals surface area contributed by atoms with E-state index in [9.17, 15) is 0 Å². The minimum atomic E-state index is 0.0160. The number of thiazole rings is 1. The molecule has 0 saturated heterocycles. The average Bonchev–Trinajstić information content (AvgIpc) is 2.73. The fourth-order valence-corrected chi connectivity index (χ4v) is 2.48. The minimum Gasteiger partial charge on any atom is -0.373 e. The van der Waals surface area contributed by atoms with Crippen LogP contribution in [0.25, 0.3) is 0 Å². The molecule has 0 aliphatic heterocycles. The van der Waals surface area contributed by atoms with Crippen molar-refractivity contribution < 1.29 is 0 Å². The van der Waals surface area contributed by atoms with Crippen molar-refractivity contribution in [1.82, 2.24) is 15.0 Å². The molecule has 0 saturated carbocycles. The molecular weight excluding hydrogens is 256 g/mol. The Kier molecular flexibility index (Phi) is 3.85. The molecular formula is C14H20N4S. The molecule has 0 atom stereocenters. The molecule has 0 radical (unpaired) electrons. The molecule has 1 N–H and O–H groups in total. The molecule has 0 fully saturated rings. The minimum absolute atomic E-state index is 0.0160. The summed E-state index contributed by atoms with van der Waals surface area (Å²) in [4.78, 5) is 13.7. The Morgan fingerprint density at radius 1 is 1.21 bits per heavy atom. The lowest BCUT2D eigenvalue weighted by Crippen LogP contribution is -2.16. The summed E-state index contributed by atoms with van der Waals surface area (Å²) in [5.74, 6) is 1.69. The lowest BCUT2D eigenvalue weighted by atomic mass is 9.92. The maximum atomic E-state index is 4.67. The predicted octanol–water partition coefficient (Wildman–Crippen LogP) is 3.17. The van der Waals surface area contributed by atoms with Crippen LogP contribution in [0.4, 0.5) is 5.82 Å². The molecule has 19 heavy (non-hydrogen) atoms. The second-order valence-electron chi connectivity index (χ2n) is 5.61. The molecule has 0 spiro atoms. The molecule has 0 aliphatic rings. The highest BCUT2D eigenvalue weighted by Gasteiger charge is 2.18. The highest BCUT2D eigenvalue weighted by Crippen LogP contribution is 2.23. The van der Waals surface area contributed by atoms with Gasteiger partial charge < -0.3 is 5.32 Å². The predicted molar refractivity (Wildman–Crippen MR) is 79.9 cm³/mol. The first kappa shape index (κ1) is 13.9. The van der Waals surface area contributed by atoms with Gasteiger partial charge in [0.15, 0.2) is 0 Å². The number of aromatic nitrogens is 3. The number of nitrogens with one attached hydrogen (secondary N) is 1. The van der Waals surface area contributed by atoms with Gasteiger partial charge in [-0.1, -0.05) is 20.8 Å². The maximum absolute atomic E-state index is 4.67. The first-order valence-corrected chi connectivity index (χ1v) is 7.23. The zero-order chi connectivity index (χ0) is 14.0. The molecule has 5 heteroatoms. The average molecular weight is 276 g/mol. The van der Waals surface area contributed by atoms with Gasteiger partial charge in [-0.3, -0.25) is 0 Å². The Balaban J connectivity index is 2.34. The molecule has 0 bridgehead atoms. The molecule has 2 aromatic heterocycles. The summed E-state index contributed by atoms with van der Waals surface area (Å²) in [6, 6.07) is 2.01. The summed E-state index contributed by atoms with van der Waals surface area (Å²) in [5.41, 5.74) is 2.12. The van der Waals surface area contributed by atoms with E-state index in [1.807, 2.05) is 20.0 Å². The van der Waals surface area contributed by atoms with E-state index in [-0.39, 0.29) is 5.41 Å². The zero-order valence-corrected chi connectivity index (χ0v) is 12.9. The first-order chi connectivity index (χ1) is 8.88. The lowest BCUT2D eigenvalue weighted by molar-refractivity contribution is 0.563. The smallest absolute Gasteiger partial charge is 0.137 e. The van der Waals surface area contributed by atoms with Crippen molar-refractivity contribution in [2.24, 2.45) is 0 Å². The van der Waals surface area contributed by atoms with Gasteiger partial charge in [0.2, 0.25) is 0 Å². The largest absolute Gasteiger partial charge is 0.373 e. The van der Waals surface area contributed by atoms with Gasteiger partial charge in [0.25, 0.3) is 0 Å². The highest BCUT2D eigenvalue weighted by atomic mass is 32.1. The number of rotatable bonds is 3. The zero-order valence-electron chi connectivity index (χ0n) is 12.1. The van der Waals surface area contributed by atoms with E-state index in [2.05, 4.69) is 46.4 Å². The number of hydrogen-bond acceptors (Lipinski definition) is 5. The third-order valence-corrected chi connectivity index (χ3v) is 3.74. The molecule has 0 aromatic carbocycles. The van der Waals surface area contributed by atoms with Crippen LogP contribution >= 0.6 is 11.3 Å². The standard InChI is InChI=1S/C14H20N4S/c1-9-8-19-13(16-9)7-12-17-10(14(2,3)4)6-11(15-5)18-12/h6,8H,7H2,1-5H3,(H,15,17,18). The summed E-state index contributed by atoms with van der Waals surface area (Å²) in [7, 11) is 1.88. The fraction of sp³-hybridized carbons (Fsp3) is 0.500. The summed E-state index contributed by atoms with van der Waals surface area (Å²) >= 11 is 1.66. The van der Waals surface area contributed by atoms with Crippen molar-refractivity contribution in [3.05, 3.63) is 33.7 Å². The summed E-state index contributed by atoms with van der Waals surface area (Å²) < 4.78 is 0. The summed E-state index contributed by atoms with van der Waals surface area (Å²) in [6.07, 6.45) is 0.692. The van der Waals surface area contributed by atoms with Crippen LogP contribution in [-0.2, 0) is 11.8 Å². The van der Waals surface area contributed by atoms with Gasteiger partial charge in [0.05, 0.1) is 12.1 Å². The number of anilines is 1. The van der Waals surface area contributed by atoms with Crippen molar-refractivity contribution in [2.75, 3.05) is 12.4 Å². The van der Waals surface area contributed by atoms with Gasteiger partial charge >= 0.3 is 0 Å². The Labute approximate surface area is 118 Å². The van der Waals surface area contributed by atoms with E-state index < -0.39 is 0 Å². The van der Waals surface area contributed by atoms with E-state index in [1.54, 1.807) is 11.3 Å². The third kappa shape index (κ3) is 3.50. The fourth-order valence-electron chi connectivity index (χ4n) is 1.71. The number of hydrogen-bond donors (Lipinski definition) is 1. The summed E-state index contributed by atoms with van der Waals surface area (Å²) in [5, 5.41) is 6.22. The Hall–Kier alpha value is -1.49. The van der Waals surface area contributed by atoms with Crippen LogP contribution in [-0.4, -0.2) is 22.0 Å². The molecule has 0 aliphatic carbocycles. The maximum Gasteiger partial charge on any atom is 0.137 e. The molecule has 0 unspecified atom stereocenters. The second kappa shape index (κ2) is 5.25. The van der Waals surface area contributed by atoms with Crippen LogP contribution < -0.4 is 5.32 Å². The van der Waals surface area contributed by atoms with Crippen molar-refractivity contribution in [3.63, 3.8) is 0 Å². The van der Waals surface area contributed by atoms with Crippen molar-refractivity contribution in [3.8, 4) is 0 Å². The number of aryl methyl sites for hydroxylation is 1. The quantitative estimate of drug-likeness (QED) is 0.935. The van der Waals surface area contributed by atoms with Crippen LogP contribution in [0.1, 0.15) is 43.0 Å². The van der Waals surface area contributed by atoms with Crippen molar-refractivity contribution in [1.29, 1.82) is 0 Å². The van der Waals surface area contributed by atoms with Gasteiger partial charge in [-0.25, -0.2) is 15.0 Å². The molecule has 0 amide bonds. The van der Waals surface area contributed by atoms with Crippen LogP contribution in [0.3, 0.4) is 0 Å². The number of nitrogens with zero attached hydrogens (tertiary/aromatic N) is 3. The molecule has 4 nitrogen and oxygen atoms in total. The second-order valence-corrected chi connectivity index (χ2v) is 6.56. The SMILES string of the molecule is CNc1cc(C(C)(C)C)nc(Cc2nc(C)cs2)n1. The molecule has 102 valence electrons. The molecule has 2 aromatic rings. The van der Waals surface area contributed by atoms with Gasteiger partial charge in [-0.2, -0.15) is 0 Å². The van der Waals surface area contributed by atoms with Crippen LogP contribution in [0.5, 0.6) is 0 Å². The van der Waals surface area contributed by atoms with Gasteiger partial charge in [0.1, 0.15) is 16.6 Å². The third-order valence-electron chi connectivity index (χ3n) is 2.77. The van der Waals surface area contributed by atoms with Gasteiger partial charge in [-0.05, 0) is 6.92 Å². The van der Waals surface area contributed by atoms with E-state index in [4.69, 9.17) is 0 Å². The van der Waals surface area contributed by atoms with E-state index in [1.165, 1.54) is 0 Å². The van der Waals surface area contributed by atoms with E-state index in [0.29, 0.717) is 6.42 Å². The normalized spacial score (nSPS) is 11.6. The van der Waals surface area contributed by atoms with Gasteiger partial charge in [-0.15, -0.1) is 11.3 Å². The molecule has 2 heterocycles. The van der Waals surface area contributed by atoms with Crippen molar-refractivity contribution >= 4 is 17.2 Å². The van der Waals surface area contributed by atoms with Gasteiger partial charge in [0, 0.05) is 29.6 Å². The first-order valence-electron chi connectivity index (χ1n) is 6.35. The van der Waals surface area contributed by atoms with E-state index in [0.717, 1.165) is 28.0 Å².